The number of amides is 3. The van der Waals surface area contributed by atoms with Crippen LogP contribution in [0.5, 0.6) is 0 Å². The van der Waals surface area contributed by atoms with E-state index in [0.717, 1.165) is 5.56 Å². The number of hydrogen-bond donors (Lipinski definition) is 4. The fourth-order valence-corrected chi connectivity index (χ4v) is 2.19. The maximum Gasteiger partial charge on any atom is 0.408 e. The SMILES string of the molecule is CC(C)(C)OC(=O)C[C@H](NC(=O)OCc1ccccc1)C(=O)NCC(=O)NCC(=O)O. The second-order valence-electron chi connectivity index (χ2n) is 7.44. The van der Waals surface area contributed by atoms with Crippen molar-refractivity contribution in [3.05, 3.63) is 35.9 Å². The molecule has 170 valence electrons. The topological polar surface area (TPSA) is 160 Å². The average molecular weight is 437 g/mol. The Bertz CT molecular complexity index is 789. The van der Waals surface area contributed by atoms with Crippen molar-refractivity contribution in [2.45, 2.75) is 45.4 Å². The highest BCUT2D eigenvalue weighted by Crippen LogP contribution is 2.10. The Hall–Kier alpha value is -3.63. The molecule has 0 spiro atoms. The lowest BCUT2D eigenvalue weighted by Crippen LogP contribution is -2.50. The Morgan fingerprint density at radius 2 is 1.65 bits per heavy atom. The molecule has 31 heavy (non-hydrogen) atoms. The number of nitrogens with one attached hydrogen (secondary N) is 3. The molecule has 0 aliphatic heterocycles. The summed E-state index contributed by atoms with van der Waals surface area (Å²) in [6.45, 7) is 3.74. The number of ether oxygens (including phenoxy) is 2. The molecule has 0 fully saturated rings. The van der Waals surface area contributed by atoms with Gasteiger partial charge in [-0.2, -0.15) is 0 Å². The largest absolute Gasteiger partial charge is 0.480 e. The van der Waals surface area contributed by atoms with E-state index >= 15 is 0 Å². The van der Waals surface area contributed by atoms with Crippen molar-refractivity contribution >= 4 is 29.8 Å². The van der Waals surface area contributed by atoms with E-state index in [0.29, 0.717) is 0 Å². The Morgan fingerprint density at radius 1 is 1.00 bits per heavy atom. The van der Waals surface area contributed by atoms with E-state index in [-0.39, 0.29) is 6.61 Å². The molecule has 3 amide bonds. The fraction of sp³-hybridized carbons (Fsp3) is 0.450. The third-order valence-corrected chi connectivity index (χ3v) is 3.47. The van der Waals surface area contributed by atoms with Crippen molar-refractivity contribution in [2.75, 3.05) is 13.1 Å². The van der Waals surface area contributed by atoms with Gasteiger partial charge in [0.25, 0.3) is 0 Å². The maximum absolute atomic E-state index is 12.4. The minimum absolute atomic E-state index is 0.0506. The lowest BCUT2D eigenvalue weighted by Gasteiger charge is -2.22. The first-order valence-corrected chi connectivity index (χ1v) is 9.41. The van der Waals surface area contributed by atoms with Gasteiger partial charge in [-0.3, -0.25) is 19.2 Å². The minimum Gasteiger partial charge on any atom is -0.480 e. The highest BCUT2D eigenvalue weighted by molar-refractivity contribution is 5.92. The first-order valence-electron chi connectivity index (χ1n) is 9.41. The Labute approximate surface area is 179 Å². The van der Waals surface area contributed by atoms with E-state index in [1.165, 1.54) is 0 Å². The van der Waals surface area contributed by atoms with Crippen molar-refractivity contribution in [3.63, 3.8) is 0 Å². The molecular formula is C20H27N3O8. The predicted octanol–water partition coefficient (Wildman–Crippen LogP) is 0.330. The highest BCUT2D eigenvalue weighted by atomic mass is 16.6. The normalized spacial score (nSPS) is 11.6. The van der Waals surface area contributed by atoms with E-state index in [1.54, 1.807) is 51.1 Å². The number of aliphatic carboxylic acids is 1. The number of carboxylic acids is 1. The molecule has 0 radical (unpaired) electrons. The Morgan fingerprint density at radius 3 is 2.23 bits per heavy atom. The van der Waals surface area contributed by atoms with Crippen molar-refractivity contribution in [3.8, 4) is 0 Å². The summed E-state index contributed by atoms with van der Waals surface area (Å²) in [6.07, 6.45) is -1.44. The van der Waals surface area contributed by atoms with Crippen molar-refractivity contribution in [1.82, 2.24) is 16.0 Å². The number of benzene rings is 1. The van der Waals surface area contributed by atoms with Crippen molar-refractivity contribution in [1.29, 1.82) is 0 Å². The van der Waals surface area contributed by atoms with Gasteiger partial charge in [-0.15, -0.1) is 0 Å². The fourth-order valence-electron chi connectivity index (χ4n) is 2.19. The van der Waals surface area contributed by atoms with Crippen LogP contribution in [0, 0.1) is 0 Å². The molecule has 0 aliphatic carbocycles. The molecular weight excluding hydrogens is 410 g/mol. The third-order valence-electron chi connectivity index (χ3n) is 3.47. The second-order valence-corrected chi connectivity index (χ2v) is 7.44. The number of hydrogen-bond acceptors (Lipinski definition) is 7. The lowest BCUT2D eigenvalue weighted by atomic mass is 10.1. The monoisotopic (exact) mass is 437 g/mol. The molecule has 11 nitrogen and oxygen atoms in total. The van der Waals surface area contributed by atoms with Crippen LogP contribution in [-0.2, 0) is 35.3 Å². The lowest BCUT2D eigenvalue weighted by molar-refractivity contribution is -0.156. The van der Waals surface area contributed by atoms with Gasteiger partial charge in [-0.05, 0) is 26.3 Å². The van der Waals surface area contributed by atoms with Gasteiger partial charge in [0.2, 0.25) is 11.8 Å². The molecule has 0 bridgehead atoms. The Kier molecular flexibility index (Phi) is 9.96. The summed E-state index contributed by atoms with van der Waals surface area (Å²) in [7, 11) is 0. The maximum atomic E-state index is 12.4. The van der Waals surface area contributed by atoms with Gasteiger partial charge in [0, 0.05) is 0 Å². The molecule has 0 unspecified atom stereocenters. The van der Waals surface area contributed by atoms with Gasteiger partial charge in [-0.1, -0.05) is 30.3 Å². The summed E-state index contributed by atoms with van der Waals surface area (Å²) in [5, 5.41) is 15.1. The third kappa shape index (κ3) is 11.8. The molecule has 1 aromatic carbocycles. The van der Waals surface area contributed by atoms with Gasteiger partial charge in [0.1, 0.15) is 24.8 Å². The highest BCUT2D eigenvalue weighted by Gasteiger charge is 2.27. The first-order chi connectivity index (χ1) is 14.5. The molecule has 0 aromatic heterocycles. The molecule has 0 aliphatic rings. The number of alkyl carbamates (subject to hydrolysis) is 1. The number of carboxylic acid groups (broad SMARTS) is 1. The number of carbonyl (C=O) groups excluding carboxylic acids is 4. The van der Waals surface area contributed by atoms with Crippen LogP contribution in [0.2, 0.25) is 0 Å². The average Bonchev–Trinajstić information content (AvgIpc) is 2.67. The second kappa shape index (κ2) is 12.2. The quantitative estimate of drug-likeness (QED) is 0.381. The van der Waals surface area contributed by atoms with E-state index in [4.69, 9.17) is 14.6 Å². The van der Waals surface area contributed by atoms with E-state index in [1.807, 2.05) is 0 Å². The number of carbonyl (C=O) groups is 5. The van der Waals surface area contributed by atoms with Gasteiger partial charge in [-0.25, -0.2) is 4.79 Å². The molecule has 1 atom stereocenters. The summed E-state index contributed by atoms with van der Waals surface area (Å²) in [6, 6.07) is 7.46. The van der Waals surface area contributed by atoms with Crippen LogP contribution in [0.4, 0.5) is 4.79 Å². The zero-order valence-corrected chi connectivity index (χ0v) is 17.6. The molecule has 0 heterocycles. The first kappa shape index (κ1) is 25.4. The molecule has 0 saturated heterocycles. The smallest absolute Gasteiger partial charge is 0.408 e. The van der Waals surface area contributed by atoms with E-state index in [2.05, 4.69) is 16.0 Å². The summed E-state index contributed by atoms with van der Waals surface area (Å²) in [5.41, 5.74) is -0.0799. The van der Waals surface area contributed by atoms with Crippen LogP contribution in [0.25, 0.3) is 0 Å². The summed E-state index contributed by atoms with van der Waals surface area (Å²) >= 11 is 0. The van der Waals surface area contributed by atoms with Crippen LogP contribution >= 0.6 is 0 Å². The predicted molar refractivity (Wildman–Crippen MR) is 108 cm³/mol. The number of esters is 1. The standard InChI is InChI=1S/C20H27N3O8/c1-20(2,3)31-17(27)9-14(18(28)22-10-15(24)21-11-16(25)26)23-19(29)30-12-13-7-5-4-6-8-13/h4-8,14H,9-12H2,1-3H3,(H,21,24)(H,22,28)(H,23,29)(H,25,26)/t14-/m0/s1. The molecule has 1 aromatic rings. The van der Waals surface area contributed by atoms with Crippen LogP contribution in [0.1, 0.15) is 32.8 Å². The van der Waals surface area contributed by atoms with Crippen molar-refractivity contribution in [2.24, 2.45) is 0 Å². The summed E-state index contributed by atoms with van der Waals surface area (Å²) < 4.78 is 10.2. The van der Waals surface area contributed by atoms with Crippen molar-refractivity contribution < 1.29 is 38.6 Å². The van der Waals surface area contributed by atoms with Gasteiger partial charge >= 0.3 is 18.0 Å². The number of rotatable bonds is 10. The molecule has 1 rings (SSSR count). The van der Waals surface area contributed by atoms with Gasteiger partial charge < -0.3 is 30.5 Å². The zero-order valence-electron chi connectivity index (χ0n) is 17.6. The Balaban J connectivity index is 2.69. The summed E-state index contributed by atoms with van der Waals surface area (Å²) in [5.74, 6) is -3.58. The van der Waals surface area contributed by atoms with Crippen LogP contribution in [0.15, 0.2) is 30.3 Å². The van der Waals surface area contributed by atoms with Crippen LogP contribution in [-0.4, -0.2) is 59.7 Å². The van der Waals surface area contributed by atoms with Crippen LogP contribution < -0.4 is 16.0 Å². The zero-order chi connectivity index (χ0) is 23.4. The minimum atomic E-state index is -1.37. The van der Waals surface area contributed by atoms with E-state index < -0.39 is 61.0 Å². The molecule has 4 N–H and O–H groups in total. The molecule has 11 heteroatoms. The summed E-state index contributed by atoms with van der Waals surface area (Å²) in [4.78, 5) is 58.7. The van der Waals surface area contributed by atoms with E-state index in [9.17, 15) is 24.0 Å². The van der Waals surface area contributed by atoms with Gasteiger partial charge in [0.05, 0.1) is 13.0 Å². The van der Waals surface area contributed by atoms with Crippen LogP contribution in [0.3, 0.4) is 0 Å². The molecule has 0 saturated carbocycles. The van der Waals surface area contributed by atoms with Gasteiger partial charge in [0.15, 0.2) is 0 Å².